The second kappa shape index (κ2) is 4.08. The minimum absolute atomic E-state index is 0.969. The van der Waals surface area contributed by atoms with Crippen LogP contribution in [0.4, 0.5) is 0 Å². The molecule has 0 radical (unpaired) electrons. The van der Waals surface area contributed by atoms with Crippen LogP contribution in [0.5, 0.6) is 0 Å². The van der Waals surface area contributed by atoms with Crippen LogP contribution < -0.4 is 0 Å². The molecule has 0 amide bonds. The van der Waals surface area contributed by atoms with Gasteiger partial charge in [0.25, 0.3) is 0 Å². The van der Waals surface area contributed by atoms with Gasteiger partial charge in [-0.25, -0.2) is 0 Å². The summed E-state index contributed by atoms with van der Waals surface area (Å²) in [5.41, 5.74) is 3.31. The minimum Gasteiger partial charge on any atom is -0.263 e. The molecule has 2 aromatic heterocycles. The first-order valence-electron chi connectivity index (χ1n) is 4.30. The zero-order chi connectivity index (χ0) is 9.80. The third-order valence-corrected chi connectivity index (χ3v) is 2.55. The maximum atomic E-state index is 4.16. The lowest BCUT2D eigenvalue weighted by molar-refractivity contribution is 1.31. The van der Waals surface area contributed by atoms with Gasteiger partial charge in [0.15, 0.2) is 0 Å². The van der Waals surface area contributed by atoms with E-state index in [-0.39, 0.29) is 0 Å². The molecule has 2 aromatic rings. The number of aromatic nitrogens is 1. The van der Waals surface area contributed by atoms with E-state index in [0.717, 1.165) is 11.1 Å². The quantitative estimate of drug-likeness (QED) is 0.643. The van der Waals surface area contributed by atoms with Crippen molar-refractivity contribution >= 4 is 11.3 Å². The van der Waals surface area contributed by atoms with Crippen LogP contribution in [0.25, 0.3) is 11.1 Å². The van der Waals surface area contributed by atoms with Gasteiger partial charge in [0.05, 0.1) is 0 Å². The maximum absolute atomic E-state index is 4.16. The Morgan fingerprint density at radius 2 is 2.21 bits per heavy atom. The number of pyridine rings is 1. The fourth-order valence-corrected chi connectivity index (χ4v) is 1.90. The van der Waals surface area contributed by atoms with Crippen LogP contribution in [-0.2, 0) is 0 Å². The Morgan fingerprint density at radius 1 is 1.29 bits per heavy atom. The summed E-state index contributed by atoms with van der Waals surface area (Å²) in [6.45, 7) is 1.83. The van der Waals surface area contributed by atoms with Crippen LogP contribution in [0.3, 0.4) is 0 Å². The van der Waals surface area contributed by atoms with E-state index in [1.54, 1.807) is 17.5 Å². The molecule has 0 atom stereocenters. The normalized spacial score (nSPS) is 9.21. The third-order valence-electron chi connectivity index (χ3n) is 1.86. The first kappa shape index (κ1) is 8.98. The first-order chi connectivity index (χ1) is 6.90. The summed E-state index contributed by atoms with van der Waals surface area (Å²) in [6.07, 6.45) is 3.65. The summed E-state index contributed by atoms with van der Waals surface area (Å²) in [5, 5.41) is 4.17. The maximum Gasteiger partial charge on any atom is 0.0434 e. The zero-order valence-corrected chi connectivity index (χ0v) is 8.64. The van der Waals surface area contributed by atoms with Crippen molar-refractivity contribution in [2.45, 2.75) is 6.92 Å². The Morgan fingerprint density at radius 3 is 2.93 bits per heavy atom. The molecular weight excluding hydrogens is 190 g/mol. The second-order valence-electron chi connectivity index (χ2n) is 2.85. The summed E-state index contributed by atoms with van der Waals surface area (Å²) in [7, 11) is 0. The highest BCUT2D eigenvalue weighted by Gasteiger charge is 1.98. The van der Waals surface area contributed by atoms with Crippen molar-refractivity contribution in [2.75, 3.05) is 0 Å². The largest absolute Gasteiger partial charge is 0.263 e. The Balaban J connectivity index is 2.44. The van der Waals surface area contributed by atoms with Crippen LogP contribution in [0.2, 0.25) is 0 Å². The highest BCUT2D eigenvalue weighted by Crippen LogP contribution is 2.21. The molecule has 0 fully saturated rings. The summed E-state index contributed by atoms with van der Waals surface area (Å²) < 4.78 is 0. The predicted octanol–water partition coefficient (Wildman–Crippen LogP) is 3.18. The van der Waals surface area contributed by atoms with Gasteiger partial charge in [-0.15, -0.1) is 5.92 Å². The van der Waals surface area contributed by atoms with E-state index in [9.17, 15) is 0 Å². The lowest BCUT2D eigenvalue weighted by Gasteiger charge is -1.96. The van der Waals surface area contributed by atoms with Crippen molar-refractivity contribution in [2.24, 2.45) is 0 Å². The predicted molar refractivity (Wildman–Crippen MR) is 60.1 cm³/mol. The van der Waals surface area contributed by atoms with Crippen LogP contribution in [0.1, 0.15) is 12.5 Å². The van der Waals surface area contributed by atoms with Gasteiger partial charge in [0.1, 0.15) is 0 Å². The Labute approximate surface area is 87.4 Å². The Hall–Kier alpha value is -1.59. The fourth-order valence-electron chi connectivity index (χ4n) is 1.24. The van der Waals surface area contributed by atoms with E-state index in [4.69, 9.17) is 0 Å². The molecule has 2 heteroatoms. The van der Waals surface area contributed by atoms with Gasteiger partial charge in [0.2, 0.25) is 0 Å². The molecule has 0 saturated heterocycles. The second-order valence-corrected chi connectivity index (χ2v) is 3.63. The monoisotopic (exact) mass is 199 g/mol. The van der Waals surface area contributed by atoms with Crippen LogP contribution in [0, 0.1) is 11.8 Å². The van der Waals surface area contributed by atoms with Crippen molar-refractivity contribution in [3.63, 3.8) is 0 Å². The van der Waals surface area contributed by atoms with Crippen molar-refractivity contribution in [3.8, 4) is 23.0 Å². The average molecular weight is 199 g/mol. The molecule has 0 N–H and O–H groups in total. The summed E-state index contributed by atoms with van der Waals surface area (Å²) in [4.78, 5) is 4.16. The summed E-state index contributed by atoms with van der Waals surface area (Å²) in [6, 6.07) is 4.15. The van der Waals surface area contributed by atoms with Crippen molar-refractivity contribution in [1.29, 1.82) is 0 Å². The highest BCUT2D eigenvalue weighted by atomic mass is 32.1. The van der Waals surface area contributed by atoms with Gasteiger partial charge >= 0.3 is 0 Å². The molecule has 14 heavy (non-hydrogen) atoms. The average Bonchev–Trinajstić information content (AvgIpc) is 2.71. The van der Waals surface area contributed by atoms with E-state index in [2.05, 4.69) is 39.7 Å². The fraction of sp³-hybridized carbons (Fsp3) is 0.0833. The van der Waals surface area contributed by atoms with Crippen molar-refractivity contribution < 1.29 is 0 Å². The molecule has 0 spiro atoms. The lowest BCUT2D eigenvalue weighted by atomic mass is 10.1. The highest BCUT2D eigenvalue weighted by molar-refractivity contribution is 7.08. The van der Waals surface area contributed by atoms with Gasteiger partial charge in [0, 0.05) is 23.5 Å². The Bertz CT molecular complexity index is 475. The number of hydrogen-bond acceptors (Lipinski definition) is 2. The number of rotatable bonds is 1. The molecule has 0 aliphatic carbocycles. The smallest absolute Gasteiger partial charge is 0.0434 e. The number of thiophene rings is 1. The summed E-state index contributed by atoms with van der Waals surface area (Å²) >= 11 is 1.69. The molecule has 0 aromatic carbocycles. The van der Waals surface area contributed by atoms with Crippen LogP contribution >= 0.6 is 11.3 Å². The van der Waals surface area contributed by atoms with E-state index in [1.807, 2.05) is 13.1 Å². The molecule has 0 unspecified atom stereocenters. The molecule has 1 nitrogen and oxygen atoms in total. The van der Waals surface area contributed by atoms with E-state index in [1.165, 1.54) is 5.56 Å². The Kier molecular flexibility index (Phi) is 2.62. The molecule has 2 rings (SSSR count). The summed E-state index contributed by atoms with van der Waals surface area (Å²) in [5.74, 6) is 5.87. The van der Waals surface area contributed by atoms with E-state index >= 15 is 0 Å². The molecule has 0 bridgehead atoms. The van der Waals surface area contributed by atoms with Gasteiger partial charge in [-0.1, -0.05) is 5.92 Å². The lowest BCUT2D eigenvalue weighted by Crippen LogP contribution is -1.80. The van der Waals surface area contributed by atoms with E-state index < -0.39 is 0 Å². The molecule has 68 valence electrons. The van der Waals surface area contributed by atoms with Gasteiger partial charge in [-0.2, -0.15) is 11.3 Å². The molecule has 0 aliphatic rings. The number of nitrogens with zero attached hydrogens (tertiary/aromatic N) is 1. The molecular formula is C12H9NS. The van der Waals surface area contributed by atoms with Gasteiger partial charge < -0.3 is 0 Å². The van der Waals surface area contributed by atoms with E-state index in [0.29, 0.717) is 0 Å². The number of hydrogen-bond donors (Lipinski definition) is 0. The van der Waals surface area contributed by atoms with Crippen molar-refractivity contribution in [3.05, 3.63) is 40.8 Å². The minimum atomic E-state index is 0.969. The van der Waals surface area contributed by atoms with Crippen molar-refractivity contribution in [1.82, 2.24) is 4.98 Å². The van der Waals surface area contributed by atoms with Gasteiger partial charge in [-0.3, -0.25) is 4.98 Å². The molecule has 2 heterocycles. The molecule has 0 saturated carbocycles. The first-order valence-corrected chi connectivity index (χ1v) is 5.25. The SMILES string of the molecule is CC#Cc1cncc(-c2ccsc2)c1. The zero-order valence-electron chi connectivity index (χ0n) is 7.82. The third kappa shape index (κ3) is 1.84. The molecule has 0 aliphatic heterocycles. The van der Waals surface area contributed by atoms with Gasteiger partial charge in [-0.05, 0) is 35.4 Å². The topological polar surface area (TPSA) is 12.9 Å². The van der Waals surface area contributed by atoms with Crippen LogP contribution in [0.15, 0.2) is 35.3 Å². The van der Waals surface area contributed by atoms with Crippen LogP contribution in [-0.4, -0.2) is 4.98 Å². The standard InChI is InChI=1S/C12H9NS/c1-2-3-10-6-12(8-13-7-10)11-4-5-14-9-11/h4-9H,1H3.